The highest BCUT2D eigenvalue weighted by molar-refractivity contribution is 5.73. The van der Waals surface area contributed by atoms with Crippen molar-refractivity contribution in [1.82, 2.24) is 0 Å². The molecule has 0 saturated carbocycles. The Morgan fingerprint density at radius 1 is 1.53 bits per heavy atom. The molecule has 0 amide bonds. The van der Waals surface area contributed by atoms with Crippen molar-refractivity contribution in [1.29, 1.82) is 5.26 Å². The molecule has 0 fully saturated rings. The van der Waals surface area contributed by atoms with Crippen molar-refractivity contribution in [3.8, 4) is 17.6 Å². The topological polar surface area (TPSA) is 59.3 Å². The summed E-state index contributed by atoms with van der Waals surface area (Å²) >= 11 is 0. The lowest BCUT2D eigenvalue weighted by Crippen LogP contribution is -2.08. The van der Waals surface area contributed by atoms with Gasteiger partial charge in [-0.1, -0.05) is 6.08 Å². The Morgan fingerprint density at radius 2 is 2.29 bits per heavy atom. The van der Waals surface area contributed by atoms with Crippen LogP contribution in [0.5, 0.6) is 11.5 Å². The molecule has 0 N–H and O–H groups in total. The Hall–Kier alpha value is -2.28. The van der Waals surface area contributed by atoms with Crippen molar-refractivity contribution < 1.29 is 14.3 Å². The van der Waals surface area contributed by atoms with Gasteiger partial charge in [-0.15, -0.1) is 6.58 Å². The molecular formula is C13H13NO3. The number of carbonyl (C=O) groups is 1. The zero-order valence-electron chi connectivity index (χ0n) is 9.60. The van der Waals surface area contributed by atoms with Gasteiger partial charge in [0.15, 0.2) is 11.5 Å². The SMILES string of the molecule is C=CCCC(=O)Oc1ccc(C#N)cc1OC. The molecule has 0 saturated heterocycles. The fourth-order valence-corrected chi connectivity index (χ4v) is 1.22. The summed E-state index contributed by atoms with van der Waals surface area (Å²) in [4.78, 5) is 11.4. The van der Waals surface area contributed by atoms with Crippen LogP contribution in [0.3, 0.4) is 0 Å². The van der Waals surface area contributed by atoms with Gasteiger partial charge in [-0.05, 0) is 18.6 Å². The van der Waals surface area contributed by atoms with Gasteiger partial charge >= 0.3 is 5.97 Å². The van der Waals surface area contributed by atoms with E-state index < -0.39 is 0 Å². The third kappa shape index (κ3) is 3.65. The number of carbonyl (C=O) groups excluding carboxylic acids is 1. The van der Waals surface area contributed by atoms with E-state index in [1.165, 1.54) is 13.2 Å². The number of benzene rings is 1. The standard InChI is InChI=1S/C13H13NO3/c1-3-4-5-13(15)17-11-7-6-10(9-14)8-12(11)16-2/h3,6-8H,1,4-5H2,2H3. The van der Waals surface area contributed by atoms with E-state index in [0.29, 0.717) is 23.5 Å². The van der Waals surface area contributed by atoms with Gasteiger partial charge in [0.2, 0.25) is 0 Å². The highest BCUT2D eigenvalue weighted by atomic mass is 16.6. The van der Waals surface area contributed by atoms with Crippen LogP contribution in [0.25, 0.3) is 0 Å². The summed E-state index contributed by atoms with van der Waals surface area (Å²) in [6, 6.07) is 6.62. The lowest BCUT2D eigenvalue weighted by atomic mass is 10.2. The van der Waals surface area contributed by atoms with Gasteiger partial charge < -0.3 is 9.47 Å². The molecule has 0 aliphatic rings. The second-order valence-corrected chi connectivity index (χ2v) is 3.28. The van der Waals surface area contributed by atoms with Gasteiger partial charge in [-0.25, -0.2) is 0 Å². The third-order valence-electron chi connectivity index (χ3n) is 2.07. The van der Waals surface area contributed by atoms with Crippen LogP contribution in [0.4, 0.5) is 0 Å². The predicted octanol–water partition coefficient (Wildman–Crippen LogP) is 2.44. The fourth-order valence-electron chi connectivity index (χ4n) is 1.22. The van der Waals surface area contributed by atoms with Crippen molar-refractivity contribution in [2.45, 2.75) is 12.8 Å². The molecular weight excluding hydrogens is 218 g/mol. The highest BCUT2D eigenvalue weighted by Gasteiger charge is 2.10. The van der Waals surface area contributed by atoms with E-state index in [4.69, 9.17) is 14.7 Å². The fraction of sp³-hybridized carbons (Fsp3) is 0.231. The second-order valence-electron chi connectivity index (χ2n) is 3.28. The van der Waals surface area contributed by atoms with Gasteiger partial charge in [-0.2, -0.15) is 5.26 Å². The summed E-state index contributed by atoms with van der Waals surface area (Å²) in [7, 11) is 1.46. The minimum absolute atomic E-state index is 0.270. The zero-order chi connectivity index (χ0) is 12.7. The summed E-state index contributed by atoms with van der Waals surface area (Å²) in [5.41, 5.74) is 0.452. The van der Waals surface area contributed by atoms with E-state index >= 15 is 0 Å². The maximum atomic E-state index is 11.4. The number of methoxy groups -OCH3 is 1. The summed E-state index contributed by atoms with van der Waals surface area (Å²) < 4.78 is 10.2. The Balaban J connectivity index is 2.80. The van der Waals surface area contributed by atoms with Crippen LogP contribution in [0.15, 0.2) is 30.9 Å². The molecule has 0 aliphatic carbocycles. The molecule has 1 aromatic rings. The van der Waals surface area contributed by atoms with Crippen LogP contribution in [0.1, 0.15) is 18.4 Å². The van der Waals surface area contributed by atoms with E-state index in [-0.39, 0.29) is 12.4 Å². The predicted molar refractivity (Wildman–Crippen MR) is 62.8 cm³/mol. The van der Waals surface area contributed by atoms with Crippen LogP contribution in [-0.4, -0.2) is 13.1 Å². The molecule has 4 heteroatoms. The monoisotopic (exact) mass is 231 g/mol. The van der Waals surface area contributed by atoms with E-state index in [1.54, 1.807) is 18.2 Å². The Bertz CT molecular complexity index is 460. The first kappa shape index (κ1) is 12.8. The quantitative estimate of drug-likeness (QED) is 0.443. The molecule has 0 aliphatic heterocycles. The Morgan fingerprint density at radius 3 is 2.88 bits per heavy atom. The Kier molecular flexibility index (Phi) is 4.77. The number of rotatable bonds is 5. The van der Waals surface area contributed by atoms with Crippen LogP contribution >= 0.6 is 0 Å². The summed E-state index contributed by atoms with van der Waals surface area (Å²) in [6.45, 7) is 3.53. The average molecular weight is 231 g/mol. The molecule has 1 aromatic carbocycles. The summed E-state index contributed by atoms with van der Waals surface area (Å²) in [6.07, 6.45) is 2.49. The third-order valence-corrected chi connectivity index (χ3v) is 2.07. The number of esters is 1. The van der Waals surface area contributed by atoms with Crippen molar-refractivity contribution in [3.63, 3.8) is 0 Å². The summed E-state index contributed by atoms with van der Waals surface area (Å²) in [5.74, 6) is 0.337. The average Bonchev–Trinajstić information content (AvgIpc) is 2.36. The number of hydrogen-bond donors (Lipinski definition) is 0. The van der Waals surface area contributed by atoms with E-state index in [2.05, 4.69) is 6.58 Å². The number of nitrogens with zero attached hydrogens (tertiary/aromatic N) is 1. The molecule has 0 aromatic heterocycles. The molecule has 4 nitrogen and oxygen atoms in total. The zero-order valence-corrected chi connectivity index (χ0v) is 9.60. The highest BCUT2D eigenvalue weighted by Crippen LogP contribution is 2.28. The van der Waals surface area contributed by atoms with E-state index in [0.717, 1.165) is 0 Å². The molecule has 0 heterocycles. The van der Waals surface area contributed by atoms with Crippen molar-refractivity contribution in [2.24, 2.45) is 0 Å². The molecule has 17 heavy (non-hydrogen) atoms. The molecule has 0 unspecified atom stereocenters. The van der Waals surface area contributed by atoms with E-state index in [9.17, 15) is 4.79 Å². The van der Waals surface area contributed by atoms with Gasteiger partial charge in [0, 0.05) is 12.5 Å². The minimum Gasteiger partial charge on any atom is -0.493 e. The molecule has 1 rings (SSSR count). The number of nitriles is 1. The maximum absolute atomic E-state index is 11.4. The largest absolute Gasteiger partial charge is 0.493 e. The lowest BCUT2D eigenvalue weighted by molar-refractivity contribution is -0.134. The van der Waals surface area contributed by atoms with Crippen molar-refractivity contribution in [3.05, 3.63) is 36.4 Å². The maximum Gasteiger partial charge on any atom is 0.311 e. The molecule has 0 atom stereocenters. The molecule has 0 spiro atoms. The van der Waals surface area contributed by atoms with Crippen LogP contribution in [0.2, 0.25) is 0 Å². The van der Waals surface area contributed by atoms with Gasteiger partial charge in [0.05, 0.1) is 18.7 Å². The van der Waals surface area contributed by atoms with Gasteiger partial charge in [-0.3, -0.25) is 4.79 Å². The normalized spacial score (nSPS) is 9.18. The smallest absolute Gasteiger partial charge is 0.311 e. The van der Waals surface area contributed by atoms with Crippen molar-refractivity contribution in [2.75, 3.05) is 7.11 Å². The van der Waals surface area contributed by atoms with Crippen molar-refractivity contribution >= 4 is 5.97 Å². The van der Waals surface area contributed by atoms with E-state index in [1.807, 2.05) is 6.07 Å². The molecule has 0 bridgehead atoms. The minimum atomic E-state index is -0.354. The Labute approximate surface area is 100 Å². The van der Waals surface area contributed by atoms with Crippen LogP contribution in [0, 0.1) is 11.3 Å². The van der Waals surface area contributed by atoms with Gasteiger partial charge in [0.25, 0.3) is 0 Å². The number of ether oxygens (including phenoxy) is 2. The lowest BCUT2D eigenvalue weighted by Gasteiger charge is -2.08. The first-order chi connectivity index (χ1) is 8.21. The molecule has 0 radical (unpaired) electrons. The number of hydrogen-bond acceptors (Lipinski definition) is 4. The summed E-state index contributed by atoms with van der Waals surface area (Å²) in [5, 5.41) is 8.72. The molecule has 88 valence electrons. The first-order valence-electron chi connectivity index (χ1n) is 5.11. The van der Waals surface area contributed by atoms with Crippen LogP contribution < -0.4 is 9.47 Å². The second kappa shape index (κ2) is 6.33. The van der Waals surface area contributed by atoms with Crippen LogP contribution in [-0.2, 0) is 4.79 Å². The number of allylic oxidation sites excluding steroid dienone is 1. The first-order valence-corrected chi connectivity index (χ1v) is 5.11. The van der Waals surface area contributed by atoms with Gasteiger partial charge in [0.1, 0.15) is 0 Å².